The van der Waals surface area contributed by atoms with Crippen molar-refractivity contribution in [3.05, 3.63) is 70.7 Å². The fourth-order valence-corrected chi connectivity index (χ4v) is 6.82. The van der Waals surface area contributed by atoms with Crippen molar-refractivity contribution in [2.45, 2.75) is 59.6 Å². The van der Waals surface area contributed by atoms with Crippen LogP contribution in [0.3, 0.4) is 0 Å². The average Bonchev–Trinajstić information content (AvgIpc) is 3.46. The fourth-order valence-electron chi connectivity index (χ4n) is 5.11. The van der Waals surface area contributed by atoms with Gasteiger partial charge in [0.25, 0.3) is 11.8 Å². The largest absolute Gasteiger partial charge is 0.489 e. The number of anilines is 1. The van der Waals surface area contributed by atoms with Gasteiger partial charge in [0.05, 0.1) is 39.2 Å². The standard InChI is InChI=1S/C31H28Br2F6N4O6S/c1-27(2,3)50(47)43-28(4)13-48-23-18(28)11-20(41-21(23)14-5-7-16(34)8-6-14)29(46,31(37,38)39)12-40-24(44)15-9-17-22(19(10-15)49-26(35)36)42-25(45)30(17,32)33/h5-11,26,43,46H,12-13H2,1-4H3,(H,40,44)(H,42,45)/t28-,29-,50?/m1/s1. The number of fused-ring (bicyclic) bond motifs is 2. The Morgan fingerprint density at radius 3 is 2.36 bits per heavy atom. The number of aliphatic hydroxyl groups is 1. The van der Waals surface area contributed by atoms with Crippen LogP contribution < -0.4 is 24.8 Å². The van der Waals surface area contributed by atoms with E-state index in [-0.39, 0.29) is 40.4 Å². The molecule has 0 radical (unpaired) electrons. The topological polar surface area (TPSA) is 139 Å². The molecule has 0 fully saturated rings. The van der Waals surface area contributed by atoms with Gasteiger partial charge in [0, 0.05) is 22.3 Å². The highest BCUT2D eigenvalue weighted by Gasteiger charge is 2.57. The molecule has 0 bridgehead atoms. The summed E-state index contributed by atoms with van der Waals surface area (Å²) in [7, 11) is -1.75. The molecule has 4 N–H and O–H groups in total. The van der Waals surface area contributed by atoms with Crippen LogP contribution in [0, 0.1) is 5.82 Å². The molecule has 0 saturated carbocycles. The number of aromatic nitrogens is 1. The van der Waals surface area contributed by atoms with Crippen molar-refractivity contribution in [3.8, 4) is 22.8 Å². The van der Waals surface area contributed by atoms with Gasteiger partial charge in [-0.15, -0.1) is 0 Å². The van der Waals surface area contributed by atoms with E-state index in [0.29, 0.717) is 0 Å². The van der Waals surface area contributed by atoms with Crippen LogP contribution >= 0.6 is 31.9 Å². The number of nitrogens with zero attached hydrogens (tertiary/aromatic N) is 1. The smallest absolute Gasteiger partial charge is 0.424 e. The van der Waals surface area contributed by atoms with Gasteiger partial charge in [-0.25, -0.2) is 18.3 Å². The summed E-state index contributed by atoms with van der Waals surface area (Å²) in [5.74, 6) is -3.32. The number of pyridine rings is 1. The molecule has 2 aliphatic rings. The Morgan fingerprint density at radius 1 is 1.14 bits per heavy atom. The third kappa shape index (κ3) is 6.98. The molecule has 2 aromatic carbocycles. The van der Waals surface area contributed by atoms with Gasteiger partial charge < -0.3 is 25.2 Å². The zero-order chi connectivity index (χ0) is 37.2. The predicted molar refractivity (Wildman–Crippen MR) is 177 cm³/mol. The monoisotopic (exact) mass is 856 g/mol. The molecule has 0 spiro atoms. The van der Waals surface area contributed by atoms with Crippen LogP contribution in [-0.2, 0) is 30.2 Å². The van der Waals surface area contributed by atoms with Crippen molar-refractivity contribution >= 4 is 60.3 Å². The highest BCUT2D eigenvalue weighted by Crippen LogP contribution is 2.52. The second-order valence-corrected chi connectivity index (χ2v) is 18.1. The molecular formula is C31H28Br2F6N4O6S. The highest BCUT2D eigenvalue weighted by molar-refractivity contribution is 9.25. The van der Waals surface area contributed by atoms with Crippen molar-refractivity contribution in [2.24, 2.45) is 0 Å². The zero-order valence-electron chi connectivity index (χ0n) is 26.4. The molecule has 0 aliphatic carbocycles. The van der Waals surface area contributed by atoms with Crippen molar-refractivity contribution in [3.63, 3.8) is 0 Å². The number of nitrogens with one attached hydrogen (secondary N) is 3. The maximum absolute atomic E-state index is 14.9. The molecule has 2 amide bonds. The first-order valence-corrected chi connectivity index (χ1v) is 17.3. The third-order valence-electron chi connectivity index (χ3n) is 7.90. The zero-order valence-corrected chi connectivity index (χ0v) is 30.4. The Kier molecular flexibility index (Phi) is 9.92. The lowest BCUT2D eigenvalue weighted by atomic mass is 9.89. The minimum Gasteiger partial charge on any atom is -0.489 e. The first kappa shape index (κ1) is 38.0. The molecule has 2 aliphatic heterocycles. The van der Waals surface area contributed by atoms with Gasteiger partial charge in [0.2, 0.25) is 5.60 Å². The quantitative estimate of drug-likeness (QED) is 0.148. The summed E-state index contributed by atoms with van der Waals surface area (Å²) in [6.45, 7) is 1.44. The molecule has 19 heteroatoms. The second kappa shape index (κ2) is 13.1. The van der Waals surface area contributed by atoms with Crippen LogP contribution in [0.15, 0.2) is 42.5 Å². The van der Waals surface area contributed by atoms with E-state index in [4.69, 9.17) is 4.74 Å². The number of hydrogen-bond acceptors (Lipinski definition) is 7. The SMILES string of the molecule is CC(C)(C)S(=O)N[C@]1(C)COc2c1cc([C@](O)(CNC(=O)c1cc(OC(F)F)c3c(c1)C(Br)(Br)C(=O)N3)C(F)(F)F)nc2-c1ccc(F)cc1. The summed E-state index contributed by atoms with van der Waals surface area (Å²) >= 11 is 6.17. The van der Waals surface area contributed by atoms with Gasteiger partial charge in [-0.05, 0) is 70.2 Å². The van der Waals surface area contributed by atoms with Gasteiger partial charge in [-0.2, -0.15) is 22.0 Å². The minimum absolute atomic E-state index is 0.00397. The molecule has 3 atom stereocenters. The van der Waals surface area contributed by atoms with Crippen molar-refractivity contribution in [1.29, 1.82) is 0 Å². The predicted octanol–water partition coefficient (Wildman–Crippen LogP) is 6.22. The molecule has 5 rings (SSSR count). The van der Waals surface area contributed by atoms with Gasteiger partial charge in [-0.3, -0.25) is 9.59 Å². The van der Waals surface area contributed by atoms with E-state index < -0.39 is 84.1 Å². The Morgan fingerprint density at radius 2 is 1.78 bits per heavy atom. The Labute approximate surface area is 300 Å². The van der Waals surface area contributed by atoms with E-state index in [1.807, 2.05) is 5.32 Å². The van der Waals surface area contributed by atoms with E-state index >= 15 is 0 Å². The number of alkyl halides is 7. The first-order valence-electron chi connectivity index (χ1n) is 14.5. The number of halogens is 8. The van der Waals surface area contributed by atoms with Gasteiger partial charge in [0.15, 0.2) is 14.7 Å². The van der Waals surface area contributed by atoms with Crippen LogP contribution in [0.4, 0.5) is 32.0 Å². The van der Waals surface area contributed by atoms with E-state index in [1.54, 1.807) is 20.8 Å². The van der Waals surface area contributed by atoms with Gasteiger partial charge in [-0.1, -0.05) is 31.9 Å². The van der Waals surface area contributed by atoms with Crippen molar-refractivity contribution in [2.75, 3.05) is 18.5 Å². The summed E-state index contributed by atoms with van der Waals surface area (Å²) in [5, 5.41) is 15.7. The van der Waals surface area contributed by atoms with Gasteiger partial charge >= 0.3 is 12.8 Å². The summed E-state index contributed by atoms with van der Waals surface area (Å²) in [6, 6.07) is 7.36. The average molecular weight is 858 g/mol. The van der Waals surface area contributed by atoms with E-state index in [9.17, 15) is 45.2 Å². The van der Waals surface area contributed by atoms with Crippen LogP contribution in [0.25, 0.3) is 11.3 Å². The number of carbonyl (C=O) groups is 2. The Hall–Kier alpha value is -3.26. The van der Waals surface area contributed by atoms with Gasteiger partial charge in [0.1, 0.15) is 18.1 Å². The van der Waals surface area contributed by atoms with E-state index in [0.717, 1.165) is 30.3 Å². The van der Waals surface area contributed by atoms with Crippen molar-refractivity contribution < 1.29 is 54.7 Å². The molecule has 3 aromatic rings. The maximum Gasteiger partial charge on any atom is 0.424 e. The molecule has 270 valence electrons. The lowest BCUT2D eigenvalue weighted by Gasteiger charge is -2.32. The number of ether oxygens (including phenoxy) is 2. The molecule has 1 aromatic heterocycles. The summed E-state index contributed by atoms with van der Waals surface area (Å²) < 4.78 is 109. The molecular weight excluding hydrogens is 830 g/mol. The van der Waals surface area contributed by atoms with E-state index in [1.165, 1.54) is 19.1 Å². The Bertz CT molecular complexity index is 1890. The number of carbonyl (C=O) groups excluding carboxylic acids is 2. The van der Waals surface area contributed by atoms with Crippen molar-refractivity contribution in [1.82, 2.24) is 15.0 Å². The highest BCUT2D eigenvalue weighted by atomic mass is 79.9. The van der Waals surface area contributed by atoms with E-state index in [2.05, 4.69) is 51.6 Å². The van der Waals surface area contributed by atoms with Crippen LogP contribution in [0.2, 0.25) is 0 Å². The second-order valence-electron chi connectivity index (χ2n) is 12.7. The Balaban J connectivity index is 1.59. The minimum atomic E-state index is -5.49. The molecule has 50 heavy (non-hydrogen) atoms. The normalized spacial score (nSPS) is 20.0. The summed E-state index contributed by atoms with van der Waals surface area (Å²) in [5.41, 5.74) is -7.07. The molecule has 10 nitrogen and oxygen atoms in total. The third-order valence-corrected chi connectivity index (χ3v) is 11.2. The summed E-state index contributed by atoms with van der Waals surface area (Å²) in [6.07, 6.45) is -5.49. The number of rotatable bonds is 9. The summed E-state index contributed by atoms with van der Waals surface area (Å²) in [4.78, 5) is 29.8. The molecule has 1 unspecified atom stereocenters. The number of hydrogen-bond donors (Lipinski definition) is 4. The lowest BCUT2D eigenvalue weighted by Crippen LogP contribution is -2.52. The molecule has 3 heterocycles. The molecule has 0 saturated heterocycles. The lowest BCUT2D eigenvalue weighted by molar-refractivity contribution is -0.265. The first-order chi connectivity index (χ1) is 23.0. The van der Waals surface area contributed by atoms with Crippen LogP contribution in [0.1, 0.15) is 54.9 Å². The fraction of sp³-hybridized carbons (Fsp3) is 0.387. The van der Waals surface area contributed by atoms with Crippen LogP contribution in [-0.4, -0.2) is 56.8 Å². The maximum atomic E-state index is 14.9. The number of amides is 2. The van der Waals surface area contributed by atoms with Crippen LogP contribution in [0.5, 0.6) is 11.5 Å². The number of benzene rings is 2.